The van der Waals surface area contributed by atoms with E-state index in [2.05, 4.69) is 9.62 Å². The molecule has 2 N–H and O–H groups in total. The Balaban J connectivity index is 1.66. The maximum Gasteiger partial charge on any atom is 0.407 e. The summed E-state index contributed by atoms with van der Waals surface area (Å²) in [5, 5.41) is 8.76. The summed E-state index contributed by atoms with van der Waals surface area (Å²) >= 11 is 0. The second-order valence-corrected chi connectivity index (χ2v) is 7.65. The molecule has 2 rings (SSSR count). The second kappa shape index (κ2) is 6.28. The monoisotopic (exact) mass is 305 g/mol. The summed E-state index contributed by atoms with van der Waals surface area (Å²) in [7, 11) is -1.48. The number of likely N-dealkylation sites (tertiary alicyclic amines) is 1. The van der Waals surface area contributed by atoms with Crippen LogP contribution < -0.4 is 4.72 Å². The zero-order chi connectivity index (χ0) is 14.8. The van der Waals surface area contributed by atoms with Crippen molar-refractivity contribution in [3.05, 3.63) is 0 Å². The van der Waals surface area contributed by atoms with Gasteiger partial charge in [0.2, 0.25) is 10.0 Å². The average Bonchev–Trinajstić information content (AvgIpc) is 3.23. The lowest BCUT2D eigenvalue weighted by Crippen LogP contribution is -2.46. The molecule has 1 saturated carbocycles. The van der Waals surface area contributed by atoms with Gasteiger partial charge in [0, 0.05) is 39.3 Å². The van der Waals surface area contributed by atoms with Crippen molar-refractivity contribution in [1.29, 1.82) is 0 Å². The number of carboxylic acid groups (broad SMARTS) is 1. The fourth-order valence-electron chi connectivity index (χ4n) is 2.53. The van der Waals surface area contributed by atoms with Gasteiger partial charge in [0.25, 0.3) is 0 Å². The summed E-state index contributed by atoms with van der Waals surface area (Å²) in [6, 6.07) is 0.0758. The number of piperidine rings is 1. The van der Waals surface area contributed by atoms with Gasteiger partial charge in [0.15, 0.2) is 0 Å². The molecule has 0 radical (unpaired) electrons. The molecular weight excluding hydrogens is 282 g/mol. The Morgan fingerprint density at radius 2 is 1.90 bits per heavy atom. The second-order valence-electron chi connectivity index (χ2n) is 5.60. The highest BCUT2D eigenvalue weighted by Gasteiger charge is 2.35. The van der Waals surface area contributed by atoms with E-state index in [0.29, 0.717) is 13.1 Å². The summed E-state index contributed by atoms with van der Waals surface area (Å²) in [5.41, 5.74) is 0. The Morgan fingerprint density at radius 1 is 1.30 bits per heavy atom. The molecule has 0 unspecified atom stereocenters. The van der Waals surface area contributed by atoms with Crippen LogP contribution >= 0.6 is 0 Å². The summed E-state index contributed by atoms with van der Waals surface area (Å²) in [5.74, 6) is 0. The van der Waals surface area contributed by atoms with Crippen LogP contribution in [0.5, 0.6) is 0 Å². The molecule has 0 atom stereocenters. The van der Waals surface area contributed by atoms with Crippen LogP contribution in [-0.4, -0.2) is 73.9 Å². The van der Waals surface area contributed by atoms with Crippen molar-refractivity contribution in [2.24, 2.45) is 0 Å². The fraction of sp³-hybridized carbons (Fsp3) is 0.917. The number of carbonyl (C=O) groups is 1. The maximum atomic E-state index is 11.6. The molecule has 0 aromatic carbocycles. The van der Waals surface area contributed by atoms with Crippen LogP contribution in [-0.2, 0) is 10.0 Å². The molecule has 8 heteroatoms. The average molecular weight is 305 g/mol. The molecule has 1 aliphatic carbocycles. The first kappa shape index (κ1) is 15.5. The van der Waals surface area contributed by atoms with Crippen LogP contribution in [0.3, 0.4) is 0 Å². The highest BCUT2D eigenvalue weighted by atomic mass is 32.2. The van der Waals surface area contributed by atoms with Crippen molar-refractivity contribution >= 4 is 16.1 Å². The topological polar surface area (TPSA) is 90.0 Å². The SMILES string of the molecule is CN(C(=O)O)C1CCN(CCNS(=O)(=O)C2CC2)CC1. The van der Waals surface area contributed by atoms with Gasteiger partial charge in [0.1, 0.15) is 0 Å². The van der Waals surface area contributed by atoms with Gasteiger partial charge in [-0.1, -0.05) is 0 Å². The van der Waals surface area contributed by atoms with E-state index in [-0.39, 0.29) is 11.3 Å². The Hall–Kier alpha value is -0.860. The largest absolute Gasteiger partial charge is 0.465 e. The molecule has 0 aromatic heterocycles. The molecule has 0 aromatic rings. The molecule has 2 fully saturated rings. The number of nitrogens with one attached hydrogen (secondary N) is 1. The highest BCUT2D eigenvalue weighted by Crippen LogP contribution is 2.27. The molecule has 1 amide bonds. The van der Waals surface area contributed by atoms with Gasteiger partial charge >= 0.3 is 6.09 Å². The first-order valence-corrected chi connectivity index (χ1v) is 8.61. The fourth-order valence-corrected chi connectivity index (χ4v) is 3.90. The first-order chi connectivity index (χ1) is 9.40. The van der Waals surface area contributed by atoms with Gasteiger partial charge in [-0.05, 0) is 25.7 Å². The minimum absolute atomic E-state index is 0.0758. The van der Waals surface area contributed by atoms with Gasteiger partial charge in [0.05, 0.1) is 5.25 Å². The van der Waals surface area contributed by atoms with Crippen LogP contribution in [0.1, 0.15) is 25.7 Å². The number of sulfonamides is 1. The molecule has 7 nitrogen and oxygen atoms in total. The van der Waals surface area contributed by atoms with E-state index >= 15 is 0 Å². The Bertz CT molecular complexity index is 442. The van der Waals surface area contributed by atoms with Gasteiger partial charge < -0.3 is 14.9 Å². The minimum Gasteiger partial charge on any atom is -0.465 e. The van der Waals surface area contributed by atoms with E-state index in [9.17, 15) is 13.2 Å². The highest BCUT2D eigenvalue weighted by molar-refractivity contribution is 7.90. The van der Waals surface area contributed by atoms with Crippen molar-refractivity contribution in [1.82, 2.24) is 14.5 Å². The standard InChI is InChI=1S/C12H23N3O4S/c1-14(12(16)17)10-4-7-15(8-5-10)9-6-13-20(18,19)11-2-3-11/h10-11,13H,2-9H2,1H3,(H,16,17). The lowest BCUT2D eigenvalue weighted by Gasteiger charge is -2.35. The van der Waals surface area contributed by atoms with E-state index < -0.39 is 16.1 Å². The Morgan fingerprint density at radius 3 is 2.40 bits per heavy atom. The molecule has 116 valence electrons. The van der Waals surface area contributed by atoms with E-state index in [1.165, 1.54) is 4.90 Å². The number of amides is 1. The maximum absolute atomic E-state index is 11.6. The van der Waals surface area contributed by atoms with Crippen LogP contribution in [0.4, 0.5) is 4.79 Å². The van der Waals surface area contributed by atoms with Gasteiger partial charge in [-0.2, -0.15) is 0 Å². The van der Waals surface area contributed by atoms with Crippen molar-refractivity contribution in [2.45, 2.75) is 37.0 Å². The number of hydrogen-bond acceptors (Lipinski definition) is 4. The van der Waals surface area contributed by atoms with Gasteiger partial charge in [-0.15, -0.1) is 0 Å². The number of hydrogen-bond donors (Lipinski definition) is 2. The smallest absolute Gasteiger partial charge is 0.407 e. The van der Waals surface area contributed by atoms with Crippen LogP contribution in [0.2, 0.25) is 0 Å². The molecule has 1 heterocycles. The van der Waals surface area contributed by atoms with E-state index in [1.807, 2.05) is 0 Å². The lowest BCUT2D eigenvalue weighted by atomic mass is 10.0. The zero-order valence-electron chi connectivity index (χ0n) is 11.8. The number of nitrogens with zero attached hydrogens (tertiary/aromatic N) is 2. The zero-order valence-corrected chi connectivity index (χ0v) is 12.6. The lowest BCUT2D eigenvalue weighted by molar-refractivity contribution is 0.106. The number of rotatable bonds is 6. The molecule has 1 saturated heterocycles. The Kier molecular flexibility index (Phi) is 4.87. The van der Waals surface area contributed by atoms with E-state index in [0.717, 1.165) is 38.8 Å². The predicted molar refractivity (Wildman–Crippen MR) is 75.2 cm³/mol. The summed E-state index contributed by atoms with van der Waals surface area (Å²) < 4.78 is 25.9. The van der Waals surface area contributed by atoms with Gasteiger partial charge in [-0.3, -0.25) is 0 Å². The summed E-state index contributed by atoms with van der Waals surface area (Å²) in [4.78, 5) is 14.4. The molecule has 1 aliphatic heterocycles. The minimum atomic E-state index is -3.09. The van der Waals surface area contributed by atoms with E-state index in [4.69, 9.17) is 5.11 Å². The van der Waals surface area contributed by atoms with E-state index in [1.54, 1.807) is 7.05 Å². The van der Waals surface area contributed by atoms with Crippen LogP contribution in [0.15, 0.2) is 0 Å². The summed E-state index contributed by atoms with van der Waals surface area (Å²) in [6.07, 6.45) is 2.28. The molecular formula is C12H23N3O4S. The summed E-state index contributed by atoms with van der Waals surface area (Å²) in [6.45, 7) is 2.76. The third kappa shape index (κ3) is 4.07. The molecule has 0 spiro atoms. The van der Waals surface area contributed by atoms with Crippen molar-refractivity contribution in [3.8, 4) is 0 Å². The predicted octanol–water partition coefficient (Wildman–Crippen LogP) is 0.142. The van der Waals surface area contributed by atoms with Crippen molar-refractivity contribution in [3.63, 3.8) is 0 Å². The van der Waals surface area contributed by atoms with Crippen molar-refractivity contribution < 1.29 is 18.3 Å². The quantitative estimate of drug-likeness (QED) is 0.728. The first-order valence-electron chi connectivity index (χ1n) is 7.07. The van der Waals surface area contributed by atoms with Crippen molar-refractivity contribution in [2.75, 3.05) is 33.2 Å². The third-order valence-corrected chi connectivity index (χ3v) is 6.06. The molecule has 20 heavy (non-hydrogen) atoms. The van der Waals surface area contributed by atoms with Gasteiger partial charge in [-0.25, -0.2) is 17.9 Å². The normalized spacial score (nSPS) is 21.9. The van der Waals surface area contributed by atoms with Crippen LogP contribution in [0, 0.1) is 0 Å². The molecule has 0 bridgehead atoms. The molecule has 2 aliphatic rings. The third-order valence-electron chi connectivity index (χ3n) is 4.10. The van der Waals surface area contributed by atoms with Crippen LogP contribution in [0.25, 0.3) is 0 Å². The Labute approximate surface area is 120 Å².